The van der Waals surface area contributed by atoms with Crippen molar-refractivity contribution in [2.24, 2.45) is 0 Å². The average Bonchev–Trinajstić information content (AvgIpc) is 3.04. The molecule has 3 rings (SSSR count). The van der Waals surface area contributed by atoms with Crippen LogP contribution >= 0.6 is 11.6 Å². The molecule has 0 fully saturated rings. The van der Waals surface area contributed by atoms with Crippen LogP contribution < -0.4 is 4.72 Å². The predicted octanol–water partition coefficient (Wildman–Crippen LogP) is 4.52. The van der Waals surface area contributed by atoms with Crippen molar-refractivity contribution in [3.63, 3.8) is 0 Å². The van der Waals surface area contributed by atoms with Crippen LogP contribution in [0.1, 0.15) is 43.4 Å². The highest BCUT2D eigenvalue weighted by Gasteiger charge is 2.24. The Balaban J connectivity index is 1.80. The third-order valence-electron chi connectivity index (χ3n) is 4.89. The molecule has 0 aliphatic carbocycles. The third kappa shape index (κ3) is 4.27. The molecule has 0 bridgehead atoms. The van der Waals surface area contributed by atoms with Crippen molar-refractivity contribution in [2.45, 2.75) is 50.7 Å². The number of hydrogen-bond acceptors (Lipinski definition) is 4. The fraction of sp³-hybridized carbons (Fsp3) is 0.350. The number of anilines is 1. The minimum atomic E-state index is -3.83. The number of rotatable bonds is 6. The summed E-state index contributed by atoms with van der Waals surface area (Å²) >= 11 is 6.06. The zero-order chi connectivity index (χ0) is 19.6. The SMILES string of the molecule is CCCC(C)N1Cc2ccc(NS(=O)(=O)c3ccc(C#N)cc3Cl)cc2C1. The van der Waals surface area contributed by atoms with Gasteiger partial charge in [0.05, 0.1) is 16.7 Å². The largest absolute Gasteiger partial charge is 0.292 e. The maximum atomic E-state index is 12.7. The Bertz CT molecular complexity index is 999. The summed E-state index contributed by atoms with van der Waals surface area (Å²) in [5.41, 5.74) is 3.21. The number of fused-ring (bicyclic) bond motifs is 1. The molecule has 1 atom stereocenters. The Kier molecular flexibility index (Phi) is 5.75. The summed E-state index contributed by atoms with van der Waals surface area (Å²) in [5, 5.41) is 8.93. The van der Waals surface area contributed by atoms with Crippen molar-refractivity contribution in [1.82, 2.24) is 4.90 Å². The van der Waals surface area contributed by atoms with Gasteiger partial charge in [0.15, 0.2) is 0 Å². The van der Waals surface area contributed by atoms with Crippen LogP contribution in [0.15, 0.2) is 41.3 Å². The molecule has 0 aromatic heterocycles. The van der Waals surface area contributed by atoms with Gasteiger partial charge in [-0.2, -0.15) is 5.26 Å². The maximum absolute atomic E-state index is 12.7. The lowest BCUT2D eigenvalue weighted by molar-refractivity contribution is 0.202. The van der Waals surface area contributed by atoms with Crippen LogP contribution in [0.5, 0.6) is 0 Å². The summed E-state index contributed by atoms with van der Waals surface area (Å²) in [6, 6.07) is 12.2. The molecule has 1 N–H and O–H groups in total. The van der Waals surface area contributed by atoms with Crippen LogP contribution in [-0.4, -0.2) is 19.4 Å². The first-order valence-electron chi connectivity index (χ1n) is 8.92. The van der Waals surface area contributed by atoms with Gasteiger partial charge in [-0.3, -0.25) is 9.62 Å². The Morgan fingerprint density at radius 2 is 1.96 bits per heavy atom. The van der Waals surface area contributed by atoms with Gasteiger partial charge >= 0.3 is 0 Å². The molecule has 142 valence electrons. The van der Waals surface area contributed by atoms with E-state index in [1.54, 1.807) is 6.07 Å². The van der Waals surface area contributed by atoms with Crippen molar-refractivity contribution < 1.29 is 8.42 Å². The molecule has 2 aromatic carbocycles. The zero-order valence-electron chi connectivity index (χ0n) is 15.4. The fourth-order valence-corrected chi connectivity index (χ4v) is 4.99. The van der Waals surface area contributed by atoms with E-state index in [1.807, 2.05) is 18.2 Å². The van der Waals surface area contributed by atoms with E-state index < -0.39 is 10.0 Å². The molecular weight excluding hydrogens is 382 g/mol. The quantitative estimate of drug-likeness (QED) is 0.769. The fourth-order valence-electron chi connectivity index (χ4n) is 3.39. The lowest BCUT2D eigenvalue weighted by Gasteiger charge is -2.23. The highest BCUT2D eigenvalue weighted by Crippen LogP contribution is 2.30. The highest BCUT2D eigenvalue weighted by atomic mass is 35.5. The Hall–Kier alpha value is -2.07. The summed E-state index contributed by atoms with van der Waals surface area (Å²) in [4.78, 5) is 2.37. The third-order valence-corrected chi connectivity index (χ3v) is 6.75. The van der Waals surface area contributed by atoms with Crippen LogP contribution in [0.3, 0.4) is 0 Å². The van der Waals surface area contributed by atoms with E-state index in [0.29, 0.717) is 17.3 Å². The van der Waals surface area contributed by atoms with E-state index in [2.05, 4.69) is 23.5 Å². The van der Waals surface area contributed by atoms with Gasteiger partial charge in [0, 0.05) is 24.8 Å². The van der Waals surface area contributed by atoms with Gasteiger partial charge in [-0.1, -0.05) is 31.0 Å². The van der Waals surface area contributed by atoms with Crippen molar-refractivity contribution in [3.8, 4) is 6.07 Å². The molecule has 2 aromatic rings. The summed E-state index contributed by atoms with van der Waals surface area (Å²) in [6.07, 6.45) is 2.29. The lowest BCUT2D eigenvalue weighted by Crippen LogP contribution is -2.27. The van der Waals surface area contributed by atoms with Gasteiger partial charge in [0.25, 0.3) is 10.0 Å². The second-order valence-corrected chi connectivity index (χ2v) is 8.95. The van der Waals surface area contributed by atoms with Gasteiger partial charge in [-0.15, -0.1) is 0 Å². The number of sulfonamides is 1. The molecule has 1 aliphatic heterocycles. The van der Waals surface area contributed by atoms with Gasteiger partial charge in [-0.05, 0) is 54.8 Å². The Labute approximate surface area is 165 Å². The van der Waals surface area contributed by atoms with E-state index in [0.717, 1.165) is 31.5 Å². The topological polar surface area (TPSA) is 73.2 Å². The molecule has 1 unspecified atom stereocenters. The van der Waals surface area contributed by atoms with Crippen LogP contribution in [0.2, 0.25) is 5.02 Å². The summed E-state index contributed by atoms with van der Waals surface area (Å²) in [6.45, 7) is 6.13. The van der Waals surface area contributed by atoms with Crippen molar-refractivity contribution in [3.05, 3.63) is 58.1 Å². The molecule has 0 saturated heterocycles. The van der Waals surface area contributed by atoms with Crippen LogP contribution in [0.4, 0.5) is 5.69 Å². The smallest absolute Gasteiger partial charge is 0.263 e. The first kappa shape index (κ1) is 19.7. The van der Waals surface area contributed by atoms with Crippen molar-refractivity contribution >= 4 is 27.3 Å². The first-order valence-corrected chi connectivity index (χ1v) is 10.8. The summed E-state index contributed by atoms with van der Waals surface area (Å²) in [7, 11) is -3.83. The van der Waals surface area contributed by atoms with E-state index in [4.69, 9.17) is 16.9 Å². The van der Waals surface area contributed by atoms with Crippen LogP contribution in [-0.2, 0) is 23.1 Å². The molecular formula is C20H22ClN3O2S. The molecule has 7 heteroatoms. The number of halogens is 1. The minimum Gasteiger partial charge on any atom is -0.292 e. The van der Waals surface area contributed by atoms with E-state index >= 15 is 0 Å². The van der Waals surface area contributed by atoms with Gasteiger partial charge < -0.3 is 0 Å². The van der Waals surface area contributed by atoms with Gasteiger partial charge in [-0.25, -0.2) is 8.42 Å². The molecule has 5 nitrogen and oxygen atoms in total. The first-order chi connectivity index (χ1) is 12.8. The summed E-state index contributed by atoms with van der Waals surface area (Å²) in [5.74, 6) is 0. The normalized spacial score (nSPS) is 15.2. The van der Waals surface area contributed by atoms with Gasteiger partial charge in [0.1, 0.15) is 4.90 Å². The van der Waals surface area contributed by atoms with E-state index in [9.17, 15) is 8.42 Å². The Morgan fingerprint density at radius 1 is 1.22 bits per heavy atom. The average molecular weight is 404 g/mol. The van der Waals surface area contributed by atoms with Gasteiger partial charge in [0.2, 0.25) is 0 Å². The monoisotopic (exact) mass is 403 g/mol. The lowest BCUT2D eigenvalue weighted by atomic mass is 10.1. The zero-order valence-corrected chi connectivity index (χ0v) is 16.9. The molecule has 0 spiro atoms. The highest BCUT2D eigenvalue weighted by molar-refractivity contribution is 7.92. The van der Waals surface area contributed by atoms with Crippen LogP contribution in [0, 0.1) is 11.3 Å². The molecule has 0 saturated carbocycles. The van der Waals surface area contributed by atoms with Crippen LogP contribution in [0.25, 0.3) is 0 Å². The van der Waals surface area contributed by atoms with E-state index in [1.165, 1.54) is 23.8 Å². The van der Waals surface area contributed by atoms with Crippen molar-refractivity contribution in [1.29, 1.82) is 5.26 Å². The molecule has 0 radical (unpaired) electrons. The number of hydrogen-bond donors (Lipinski definition) is 1. The van der Waals surface area contributed by atoms with Crippen molar-refractivity contribution in [2.75, 3.05) is 4.72 Å². The molecule has 1 aliphatic rings. The predicted molar refractivity (Wildman–Crippen MR) is 107 cm³/mol. The molecule has 1 heterocycles. The van der Waals surface area contributed by atoms with E-state index in [-0.39, 0.29) is 9.92 Å². The standard InChI is InChI=1S/C20H22ClN3O2S/c1-3-4-14(2)24-12-16-6-7-18(10-17(16)13-24)23-27(25,26)20-8-5-15(11-22)9-19(20)21/h5-10,14,23H,3-4,12-13H2,1-2H3. The number of nitrogens with zero attached hydrogens (tertiary/aromatic N) is 2. The summed E-state index contributed by atoms with van der Waals surface area (Å²) < 4.78 is 28.0. The second-order valence-electron chi connectivity index (χ2n) is 6.89. The minimum absolute atomic E-state index is 0.0299. The molecule has 27 heavy (non-hydrogen) atoms. The number of nitriles is 1. The Morgan fingerprint density at radius 3 is 2.63 bits per heavy atom. The number of benzene rings is 2. The molecule has 0 amide bonds. The number of nitrogens with one attached hydrogen (secondary N) is 1. The maximum Gasteiger partial charge on any atom is 0.263 e. The second kappa shape index (κ2) is 7.89.